The van der Waals surface area contributed by atoms with Crippen LogP contribution in [-0.2, 0) is 9.59 Å². The molecular formula is C12H20N2O4. The number of carboxylic acids is 1. The molecule has 0 radical (unpaired) electrons. The Morgan fingerprint density at radius 3 is 2.22 bits per heavy atom. The highest BCUT2D eigenvalue weighted by atomic mass is 16.4. The SMILES string of the molecule is CC(C)CCC(C)NC(=O)NC(=O)C=CC(=O)O. The Morgan fingerprint density at radius 1 is 1.11 bits per heavy atom. The van der Waals surface area contributed by atoms with Gasteiger partial charge in [0, 0.05) is 18.2 Å². The summed E-state index contributed by atoms with van der Waals surface area (Å²) in [5.74, 6) is -1.45. The summed E-state index contributed by atoms with van der Waals surface area (Å²) in [6, 6.07) is -0.657. The lowest BCUT2D eigenvalue weighted by atomic mass is 10.0. The molecule has 0 spiro atoms. The van der Waals surface area contributed by atoms with Crippen molar-refractivity contribution in [2.24, 2.45) is 5.92 Å². The summed E-state index contributed by atoms with van der Waals surface area (Å²) >= 11 is 0. The van der Waals surface area contributed by atoms with Crippen LogP contribution in [0, 0.1) is 5.92 Å². The van der Waals surface area contributed by atoms with Gasteiger partial charge in [-0.15, -0.1) is 0 Å². The first-order chi connectivity index (χ1) is 8.31. The van der Waals surface area contributed by atoms with Gasteiger partial charge in [0.15, 0.2) is 0 Å². The molecule has 1 atom stereocenters. The maximum atomic E-state index is 11.3. The number of urea groups is 1. The molecule has 0 aromatic carbocycles. The molecule has 0 fully saturated rings. The van der Waals surface area contributed by atoms with Crippen LogP contribution in [-0.4, -0.2) is 29.1 Å². The van der Waals surface area contributed by atoms with E-state index < -0.39 is 17.9 Å². The second-order valence-corrected chi connectivity index (χ2v) is 4.51. The molecule has 6 heteroatoms. The Labute approximate surface area is 106 Å². The van der Waals surface area contributed by atoms with Crippen LogP contribution < -0.4 is 10.6 Å². The monoisotopic (exact) mass is 256 g/mol. The second-order valence-electron chi connectivity index (χ2n) is 4.51. The van der Waals surface area contributed by atoms with E-state index in [0.29, 0.717) is 12.0 Å². The van der Waals surface area contributed by atoms with Gasteiger partial charge in [-0.3, -0.25) is 10.1 Å². The van der Waals surface area contributed by atoms with E-state index in [1.165, 1.54) is 0 Å². The number of hydrogen-bond donors (Lipinski definition) is 3. The first-order valence-electron chi connectivity index (χ1n) is 5.83. The molecule has 0 saturated heterocycles. The van der Waals surface area contributed by atoms with Gasteiger partial charge < -0.3 is 10.4 Å². The van der Waals surface area contributed by atoms with E-state index >= 15 is 0 Å². The zero-order chi connectivity index (χ0) is 14.1. The largest absolute Gasteiger partial charge is 0.478 e. The summed E-state index contributed by atoms with van der Waals surface area (Å²) in [4.78, 5) is 32.6. The van der Waals surface area contributed by atoms with Gasteiger partial charge in [-0.05, 0) is 25.7 Å². The first-order valence-corrected chi connectivity index (χ1v) is 5.83. The third-order valence-corrected chi connectivity index (χ3v) is 2.17. The van der Waals surface area contributed by atoms with Crippen LogP contribution in [0.15, 0.2) is 12.2 Å². The number of amides is 3. The Bertz CT molecular complexity index is 337. The minimum absolute atomic E-state index is 0.0383. The number of aliphatic carboxylic acids is 1. The lowest BCUT2D eigenvalue weighted by Gasteiger charge is -2.14. The van der Waals surface area contributed by atoms with Crippen molar-refractivity contribution < 1.29 is 19.5 Å². The van der Waals surface area contributed by atoms with E-state index in [9.17, 15) is 14.4 Å². The van der Waals surface area contributed by atoms with Crippen molar-refractivity contribution in [3.05, 3.63) is 12.2 Å². The average molecular weight is 256 g/mol. The van der Waals surface area contributed by atoms with Crippen molar-refractivity contribution in [3.8, 4) is 0 Å². The molecule has 3 amide bonds. The smallest absolute Gasteiger partial charge is 0.328 e. The molecule has 0 bridgehead atoms. The minimum atomic E-state index is -1.24. The fourth-order valence-electron chi connectivity index (χ4n) is 1.22. The van der Waals surface area contributed by atoms with Gasteiger partial charge in [0.1, 0.15) is 0 Å². The lowest BCUT2D eigenvalue weighted by molar-refractivity contribution is -0.131. The van der Waals surface area contributed by atoms with E-state index in [2.05, 4.69) is 19.2 Å². The van der Waals surface area contributed by atoms with Gasteiger partial charge in [-0.25, -0.2) is 9.59 Å². The number of nitrogens with one attached hydrogen (secondary N) is 2. The standard InChI is InChI=1S/C12H20N2O4/c1-8(2)4-5-9(3)13-12(18)14-10(15)6-7-11(16)17/h6-9H,4-5H2,1-3H3,(H,16,17)(H2,13,14,15,18). The number of imide groups is 1. The van der Waals surface area contributed by atoms with Gasteiger partial charge in [0.2, 0.25) is 0 Å². The summed E-state index contributed by atoms with van der Waals surface area (Å²) in [6.07, 6.45) is 3.27. The molecule has 1 unspecified atom stereocenters. The number of carboxylic acid groups (broad SMARTS) is 1. The molecule has 0 aliphatic rings. The maximum Gasteiger partial charge on any atom is 0.328 e. The van der Waals surface area contributed by atoms with Crippen LogP contribution in [0.2, 0.25) is 0 Å². The van der Waals surface area contributed by atoms with Crippen LogP contribution >= 0.6 is 0 Å². The molecule has 0 heterocycles. The molecule has 18 heavy (non-hydrogen) atoms. The highest BCUT2D eigenvalue weighted by Gasteiger charge is 2.09. The summed E-state index contributed by atoms with van der Waals surface area (Å²) in [6.45, 7) is 6.03. The Kier molecular flexibility index (Phi) is 7.42. The van der Waals surface area contributed by atoms with E-state index in [1.807, 2.05) is 12.2 Å². The topological polar surface area (TPSA) is 95.5 Å². The highest BCUT2D eigenvalue weighted by Crippen LogP contribution is 2.05. The predicted octanol–water partition coefficient (Wildman–Crippen LogP) is 1.28. The fourth-order valence-corrected chi connectivity index (χ4v) is 1.22. The number of rotatable bonds is 6. The summed E-state index contributed by atoms with van der Waals surface area (Å²) in [5.41, 5.74) is 0. The molecule has 0 saturated carbocycles. The first kappa shape index (κ1) is 16.1. The zero-order valence-electron chi connectivity index (χ0n) is 10.9. The normalized spacial score (nSPS) is 12.4. The summed E-state index contributed by atoms with van der Waals surface area (Å²) in [5, 5.41) is 12.9. The van der Waals surface area contributed by atoms with E-state index in [0.717, 1.165) is 18.9 Å². The van der Waals surface area contributed by atoms with Gasteiger partial charge in [0.25, 0.3) is 5.91 Å². The fraction of sp³-hybridized carbons (Fsp3) is 0.583. The molecule has 0 rings (SSSR count). The van der Waals surface area contributed by atoms with Crippen molar-refractivity contribution in [1.82, 2.24) is 10.6 Å². The molecule has 0 aliphatic heterocycles. The average Bonchev–Trinajstić information content (AvgIpc) is 2.23. The van der Waals surface area contributed by atoms with Gasteiger partial charge >= 0.3 is 12.0 Å². The molecule has 3 N–H and O–H groups in total. The predicted molar refractivity (Wildman–Crippen MR) is 67.0 cm³/mol. The lowest BCUT2D eigenvalue weighted by Crippen LogP contribution is -2.43. The molecule has 0 aromatic heterocycles. The minimum Gasteiger partial charge on any atom is -0.478 e. The molecule has 6 nitrogen and oxygen atoms in total. The molecule has 0 aliphatic carbocycles. The maximum absolute atomic E-state index is 11.3. The van der Waals surface area contributed by atoms with Crippen molar-refractivity contribution >= 4 is 17.9 Å². The van der Waals surface area contributed by atoms with Crippen LogP contribution in [0.4, 0.5) is 4.79 Å². The third kappa shape index (κ3) is 9.38. The zero-order valence-corrected chi connectivity index (χ0v) is 10.9. The van der Waals surface area contributed by atoms with Crippen molar-refractivity contribution in [1.29, 1.82) is 0 Å². The molecular weight excluding hydrogens is 236 g/mol. The number of carbonyl (C=O) groups is 3. The van der Waals surface area contributed by atoms with Gasteiger partial charge in [-0.2, -0.15) is 0 Å². The van der Waals surface area contributed by atoms with Gasteiger partial charge in [-0.1, -0.05) is 13.8 Å². The summed E-state index contributed by atoms with van der Waals surface area (Å²) < 4.78 is 0. The second kappa shape index (κ2) is 8.27. The van der Waals surface area contributed by atoms with Crippen molar-refractivity contribution in [2.45, 2.75) is 39.7 Å². The van der Waals surface area contributed by atoms with Crippen LogP contribution in [0.5, 0.6) is 0 Å². The van der Waals surface area contributed by atoms with Crippen molar-refractivity contribution in [2.75, 3.05) is 0 Å². The van der Waals surface area contributed by atoms with E-state index in [1.54, 1.807) is 0 Å². The molecule has 102 valence electrons. The Morgan fingerprint density at radius 2 is 1.72 bits per heavy atom. The number of carbonyl (C=O) groups excluding carboxylic acids is 2. The highest BCUT2D eigenvalue weighted by molar-refractivity contribution is 6.02. The number of hydrogen-bond acceptors (Lipinski definition) is 3. The Balaban J connectivity index is 3.96. The third-order valence-electron chi connectivity index (χ3n) is 2.17. The van der Waals surface area contributed by atoms with Gasteiger partial charge in [0.05, 0.1) is 0 Å². The Hall–Kier alpha value is -1.85. The van der Waals surface area contributed by atoms with Crippen molar-refractivity contribution in [3.63, 3.8) is 0 Å². The quantitative estimate of drug-likeness (QED) is 0.624. The van der Waals surface area contributed by atoms with Crippen LogP contribution in [0.25, 0.3) is 0 Å². The van der Waals surface area contributed by atoms with Crippen LogP contribution in [0.1, 0.15) is 33.6 Å². The van der Waals surface area contributed by atoms with E-state index in [-0.39, 0.29) is 6.04 Å². The van der Waals surface area contributed by atoms with Crippen LogP contribution in [0.3, 0.4) is 0 Å². The van der Waals surface area contributed by atoms with E-state index in [4.69, 9.17) is 5.11 Å². The summed E-state index contributed by atoms with van der Waals surface area (Å²) in [7, 11) is 0. The molecule has 0 aromatic rings.